The highest BCUT2D eigenvalue weighted by Crippen LogP contribution is 2.38. The van der Waals surface area contributed by atoms with Crippen molar-refractivity contribution in [1.29, 1.82) is 0 Å². The largest absolute Gasteiger partial charge is 0.343 e. The Balaban J connectivity index is 1.27. The average Bonchev–Trinajstić information content (AvgIpc) is 3.64. The number of carbonyl (C=O) groups is 2. The molecule has 9 heteroatoms. The zero-order valence-electron chi connectivity index (χ0n) is 24.3. The van der Waals surface area contributed by atoms with Crippen LogP contribution in [0.4, 0.5) is 17.1 Å². The van der Waals surface area contributed by atoms with Crippen LogP contribution < -0.4 is 5.32 Å². The fraction of sp³-hybridized carbons (Fsp3) is 0.382. The van der Waals surface area contributed by atoms with E-state index in [0.717, 1.165) is 75.2 Å². The van der Waals surface area contributed by atoms with E-state index in [0.29, 0.717) is 23.4 Å². The highest BCUT2D eigenvalue weighted by atomic mass is 16.6. The van der Waals surface area contributed by atoms with E-state index < -0.39 is 10.8 Å². The SMILES string of the molecule is O=C1Nc2ccc([N+](=O)[O-])cc2C1C(=Nc1ccc(CN2CCCC2)cc1)c1ccc(CCCN2CCCCC2=O)cc1. The van der Waals surface area contributed by atoms with E-state index in [4.69, 9.17) is 4.99 Å². The van der Waals surface area contributed by atoms with Crippen LogP contribution in [-0.4, -0.2) is 58.4 Å². The van der Waals surface area contributed by atoms with E-state index >= 15 is 0 Å². The van der Waals surface area contributed by atoms with Gasteiger partial charge < -0.3 is 10.2 Å². The van der Waals surface area contributed by atoms with Gasteiger partial charge in [-0.05, 0) is 86.5 Å². The van der Waals surface area contributed by atoms with Crippen LogP contribution in [0.15, 0.2) is 71.7 Å². The standard InChI is InChI=1S/C34H37N5O4/c40-31-7-1-2-20-38(31)21-5-6-24-8-12-26(13-9-24)33(32-29-22-28(39(42)43)16-17-30(29)36-34(32)41)35-27-14-10-25(11-15-27)23-37-18-3-4-19-37/h8-17,22,32H,1-7,18-21,23H2,(H,36,41). The number of fused-ring (bicyclic) bond motifs is 1. The third kappa shape index (κ3) is 6.67. The van der Waals surface area contributed by atoms with Gasteiger partial charge in [-0.1, -0.05) is 36.4 Å². The molecule has 3 aliphatic heterocycles. The van der Waals surface area contributed by atoms with Crippen molar-refractivity contribution in [2.45, 2.75) is 57.4 Å². The minimum absolute atomic E-state index is 0.0617. The topological polar surface area (TPSA) is 108 Å². The Morgan fingerprint density at radius 3 is 2.35 bits per heavy atom. The first kappa shape index (κ1) is 28.7. The van der Waals surface area contributed by atoms with Crippen molar-refractivity contribution in [2.24, 2.45) is 4.99 Å². The maximum absolute atomic E-state index is 13.4. The van der Waals surface area contributed by atoms with Gasteiger partial charge in [-0.2, -0.15) is 0 Å². The van der Waals surface area contributed by atoms with Gasteiger partial charge in [0.2, 0.25) is 11.8 Å². The molecule has 3 aromatic rings. The summed E-state index contributed by atoms with van der Waals surface area (Å²) in [5, 5.41) is 14.5. The number of aliphatic imine (C=N–C) groups is 1. The van der Waals surface area contributed by atoms with Gasteiger partial charge in [0.05, 0.1) is 16.3 Å². The summed E-state index contributed by atoms with van der Waals surface area (Å²) in [5.74, 6) is -0.785. The van der Waals surface area contributed by atoms with Gasteiger partial charge in [0.1, 0.15) is 5.92 Å². The lowest BCUT2D eigenvalue weighted by atomic mass is 9.89. The van der Waals surface area contributed by atoms with Crippen LogP contribution >= 0.6 is 0 Å². The Hall–Kier alpha value is -4.37. The number of aryl methyl sites for hydroxylation is 1. The molecule has 1 atom stereocenters. The average molecular weight is 580 g/mol. The van der Waals surface area contributed by atoms with Crippen LogP contribution in [0.1, 0.15) is 66.7 Å². The molecule has 0 radical (unpaired) electrons. The lowest BCUT2D eigenvalue weighted by Crippen LogP contribution is -2.36. The Morgan fingerprint density at radius 2 is 1.63 bits per heavy atom. The number of anilines is 1. The number of piperidine rings is 1. The first-order valence-corrected chi connectivity index (χ1v) is 15.3. The fourth-order valence-corrected chi connectivity index (χ4v) is 6.36. The number of nitro groups is 1. The molecule has 3 aromatic carbocycles. The van der Waals surface area contributed by atoms with Crippen molar-refractivity contribution < 1.29 is 14.5 Å². The zero-order chi connectivity index (χ0) is 29.8. The minimum atomic E-state index is -0.782. The van der Waals surface area contributed by atoms with Crippen molar-refractivity contribution in [3.63, 3.8) is 0 Å². The summed E-state index contributed by atoms with van der Waals surface area (Å²) in [6.07, 6.45) is 6.92. The van der Waals surface area contributed by atoms with E-state index in [1.165, 1.54) is 30.5 Å². The van der Waals surface area contributed by atoms with Gasteiger partial charge in [-0.3, -0.25) is 29.6 Å². The quantitative estimate of drug-likeness (QED) is 0.180. The molecule has 0 spiro atoms. The highest BCUT2D eigenvalue weighted by molar-refractivity contribution is 6.24. The zero-order valence-corrected chi connectivity index (χ0v) is 24.3. The molecule has 6 rings (SSSR count). The van der Waals surface area contributed by atoms with Crippen molar-refractivity contribution >= 4 is 34.6 Å². The molecule has 3 aliphatic rings. The lowest BCUT2D eigenvalue weighted by Gasteiger charge is -2.26. The van der Waals surface area contributed by atoms with E-state index in [9.17, 15) is 19.7 Å². The van der Waals surface area contributed by atoms with Crippen LogP contribution in [0.25, 0.3) is 0 Å². The Labute approximate surface area is 251 Å². The summed E-state index contributed by atoms with van der Waals surface area (Å²) in [6, 6.07) is 20.6. The molecule has 2 amide bonds. The number of nitro benzene ring substituents is 1. The molecule has 1 unspecified atom stereocenters. The van der Waals surface area contributed by atoms with Crippen LogP contribution in [0.2, 0.25) is 0 Å². The van der Waals surface area contributed by atoms with Crippen molar-refractivity contribution in [2.75, 3.05) is 31.5 Å². The van der Waals surface area contributed by atoms with E-state index in [-0.39, 0.29) is 17.5 Å². The first-order valence-electron chi connectivity index (χ1n) is 15.3. The molecule has 0 aliphatic carbocycles. The third-order valence-electron chi connectivity index (χ3n) is 8.71. The second-order valence-corrected chi connectivity index (χ2v) is 11.7. The molecular formula is C34H37N5O4. The molecule has 0 saturated carbocycles. The highest BCUT2D eigenvalue weighted by Gasteiger charge is 2.36. The summed E-state index contributed by atoms with van der Waals surface area (Å²) < 4.78 is 0. The number of likely N-dealkylation sites (tertiary alicyclic amines) is 2. The number of nitrogens with zero attached hydrogens (tertiary/aromatic N) is 4. The Bertz CT molecular complexity index is 1530. The van der Waals surface area contributed by atoms with Crippen LogP contribution in [-0.2, 0) is 22.6 Å². The predicted octanol–water partition coefficient (Wildman–Crippen LogP) is 5.99. The second kappa shape index (κ2) is 12.9. The third-order valence-corrected chi connectivity index (χ3v) is 8.71. The number of rotatable bonds is 10. The fourth-order valence-electron chi connectivity index (χ4n) is 6.36. The summed E-state index contributed by atoms with van der Waals surface area (Å²) >= 11 is 0. The molecule has 222 valence electrons. The predicted molar refractivity (Wildman–Crippen MR) is 167 cm³/mol. The van der Waals surface area contributed by atoms with Crippen molar-refractivity contribution in [3.8, 4) is 0 Å². The smallest absolute Gasteiger partial charge is 0.269 e. The molecule has 1 N–H and O–H groups in total. The van der Waals surface area contributed by atoms with Gasteiger partial charge in [0.25, 0.3) is 5.69 Å². The van der Waals surface area contributed by atoms with Crippen LogP contribution in [0.5, 0.6) is 0 Å². The molecule has 2 fully saturated rings. The summed E-state index contributed by atoms with van der Waals surface area (Å²) in [7, 11) is 0. The molecule has 9 nitrogen and oxygen atoms in total. The van der Waals surface area contributed by atoms with E-state index in [1.807, 2.05) is 41.3 Å². The number of hydrogen-bond donors (Lipinski definition) is 1. The van der Waals surface area contributed by atoms with Gasteiger partial charge >= 0.3 is 0 Å². The summed E-state index contributed by atoms with van der Waals surface area (Å²) in [6.45, 7) is 4.77. The van der Waals surface area contributed by atoms with Crippen molar-refractivity contribution in [3.05, 3.63) is 99.1 Å². The van der Waals surface area contributed by atoms with Gasteiger partial charge in [0, 0.05) is 49.4 Å². The van der Waals surface area contributed by atoms with E-state index in [2.05, 4.69) is 22.3 Å². The molecule has 0 bridgehead atoms. The van der Waals surface area contributed by atoms with Gasteiger partial charge in [-0.15, -0.1) is 0 Å². The summed E-state index contributed by atoms with van der Waals surface area (Å²) in [4.78, 5) is 46.0. The first-order chi connectivity index (χ1) is 20.9. The number of amides is 2. The molecule has 2 saturated heterocycles. The Morgan fingerprint density at radius 1 is 0.907 bits per heavy atom. The lowest BCUT2D eigenvalue weighted by molar-refractivity contribution is -0.384. The molecule has 0 aromatic heterocycles. The maximum Gasteiger partial charge on any atom is 0.269 e. The van der Waals surface area contributed by atoms with Gasteiger partial charge in [-0.25, -0.2) is 0 Å². The summed E-state index contributed by atoms with van der Waals surface area (Å²) in [5.41, 5.74) is 5.49. The van der Waals surface area contributed by atoms with Crippen molar-refractivity contribution in [1.82, 2.24) is 9.80 Å². The number of non-ortho nitro benzene ring substituents is 1. The molecular weight excluding hydrogens is 542 g/mol. The minimum Gasteiger partial charge on any atom is -0.343 e. The monoisotopic (exact) mass is 579 g/mol. The van der Waals surface area contributed by atoms with Gasteiger partial charge in [0.15, 0.2) is 0 Å². The van der Waals surface area contributed by atoms with Crippen LogP contribution in [0, 0.1) is 10.1 Å². The molecule has 43 heavy (non-hydrogen) atoms. The number of carbonyl (C=O) groups excluding carboxylic acids is 2. The second-order valence-electron chi connectivity index (χ2n) is 11.7. The maximum atomic E-state index is 13.4. The van der Waals surface area contributed by atoms with Crippen LogP contribution in [0.3, 0.4) is 0 Å². The normalized spacial score (nSPS) is 19.0. The molecule has 3 heterocycles. The number of hydrogen-bond acceptors (Lipinski definition) is 6. The number of benzene rings is 3. The Kier molecular flexibility index (Phi) is 8.60. The van der Waals surface area contributed by atoms with E-state index in [1.54, 1.807) is 6.07 Å². The number of nitrogens with one attached hydrogen (secondary N) is 1.